The van der Waals surface area contributed by atoms with Gasteiger partial charge in [-0.05, 0) is 56.9 Å². The lowest BCUT2D eigenvalue weighted by Crippen LogP contribution is -2.51. The van der Waals surface area contributed by atoms with E-state index >= 15 is 0 Å². The third-order valence-corrected chi connectivity index (χ3v) is 9.25. The molecule has 1 N–H and O–H groups in total. The smallest absolute Gasteiger partial charge is 0.252 e. The predicted molar refractivity (Wildman–Crippen MR) is 119 cm³/mol. The van der Waals surface area contributed by atoms with E-state index in [1.165, 1.54) is 18.3 Å². The number of piperidine rings is 1. The van der Waals surface area contributed by atoms with Crippen molar-refractivity contribution in [1.29, 1.82) is 0 Å². The number of hydrogen-bond acceptors (Lipinski definition) is 6. The molecular formula is C21H33N3O5S2. The zero-order chi connectivity index (χ0) is 22.9. The van der Waals surface area contributed by atoms with Gasteiger partial charge >= 0.3 is 0 Å². The zero-order valence-electron chi connectivity index (χ0n) is 18.7. The van der Waals surface area contributed by atoms with E-state index in [-0.39, 0.29) is 23.8 Å². The summed E-state index contributed by atoms with van der Waals surface area (Å²) in [5, 5.41) is 4.49. The maximum atomic E-state index is 13.1. The molecule has 174 valence electrons. The molecule has 1 spiro atoms. The zero-order valence-corrected chi connectivity index (χ0v) is 20.4. The first-order valence-corrected chi connectivity index (χ1v) is 13.0. The van der Waals surface area contributed by atoms with Crippen LogP contribution in [0, 0.1) is 5.41 Å². The molecule has 31 heavy (non-hydrogen) atoms. The third-order valence-electron chi connectivity index (χ3n) is 5.98. The monoisotopic (exact) mass is 471 g/mol. The quantitative estimate of drug-likeness (QED) is 0.685. The molecule has 1 aromatic rings. The van der Waals surface area contributed by atoms with Crippen molar-refractivity contribution in [2.45, 2.75) is 62.8 Å². The Kier molecular flexibility index (Phi) is 7.15. The largest absolute Gasteiger partial charge is 0.373 e. The second-order valence-corrected chi connectivity index (χ2v) is 12.6. The van der Waals surface area contributed by atoms with Crippen LogP contribution in [0.15, 0.2) is 21.7 Å². The van der Waals surface area contributed by atoms with Crippen LogP contribution in [0.5, 0.6) is 0 Å². The van der Waals surface area contributed by atoms with E-state index in [9.17, 15) is 18.0 Å². The summed E-state index contributed by atoms with van der Waals surface area (Å²) in [6, 6.07) is 2.67. The molecule has 0 saturated carbocycles. The van der Waals surface area contributed by atoms with Gasteiger partial charge in [-0.3, -0.25) is 9.59 Å². The van der Waals surface area contributed by atoms with Gasteiger partial charge in [0.25, 0.3) is 10.0 Å². The summed E-state index contributed by atoms with van der Waals surface area (Å²) in [6.07, 6.45) is 2.30. The van der Waals surface area contributed by atoms with E-state index in [0.717, 1.165) is 19.3 Å². The molecule has 2 saturated heterocycles. The summed E-state index contributed by atoms with van der Waals surface area (Å²) >= 11 is 1.24. The number of carbonyl (C=O) groups excluding carboxylic acids is 2. The Morgan fingerprint density at radius 2 is 1.87 bits per heavy atom. The number of ether oxygens (including phenoxy) is 1. The molecule has 3 heterocycles. The van der Waals surface area contributed by atoms with Crippen LogP contribution >= 0.6 is 11.3 Å². The molecule has 2 aliphatic heterocycles. The highest BCUT2D eigenvalue weighted by molar-refractivity contribution is 7.91. The molecule has 3 rings (SSSR count). The molecule has 10 heteroatoms. The first-order chi connectivity index (χ1) is 14.4. The summed E-state index contributed by atoms with van der Waals surface area (Å²) in [7, 11) is -3.44. The van der Waals surface area contributed by atoms with Crippen LogP contribution in [0.25, 0.3) is 0 Å². The lowest BCUT2D eigenvalue weighted by molar-refractivity contribution is -0.139. The van der Waals surface area contributed by atoms with E-state index in [4.69, 9.17) is 4.74 Å². The van der Waals surface area contributed by atoms with E-state index in [1.54, 1.807) is 26.7 Å². The molecule has 0 aliphatic carbocycles. The first kappa shape index (κ1) is 24.2. The van der Waals surface area contributed by atoms with Crippen LogP contribution in [0.3, 0.4) is 0 Å². The molecule has 0 radical (unpaired) electrons. The van der Waals surface area contributed by atoms with Crippen molar-refractivity contribution in [2.75, 3.05) is 32.8 Å². The normalized spacial score (nSPS) is 20.7. The number of nitrogens with one attached hydrogen (secondary N) is 1. The summed E-state index contributed by atoms with van der Waals surface area (Å²) in [6.45, 7) is 9.37. The Morgan fingerprint density at radius 3 is 2.42 bits per heavy atom. The molecule has 1 atom stereocenters. The number of hydrogen-bond donors (Lipinski definition) is 1. The SMILES string of the molecule is CC(=O)NC(COC(C)(C)C)C(=O)N1CCC2(CCN(S(=O)(=O)c3cccs3)CC2)C1. The van der Waals surface area contributed by atoms with E-state index in [0.29, 0.717) is 30.4 Å². The van der Waals surface area contributed by atoms with E-state index in [2.05, 4.69) is 5.32 Å². The standard InChI is InChI=1S/C21H33N3O5S2/c1-16(25)22-17(14-29-20(2,3)4)19(26)23-10-7-21(15-23)8-11-24(12-9-21)31(27,28)18-6-5-13-30-18/h5-6,13,17H,7-12,14-15H2,1-4H3,(H,22,25). The Morgan fingerprint density at radius 1 is 1.23 bits per heavy atom. The number of sulfonamides is 1. The Hall–Kier alpha value is -1.49. The van der Waals surface area contributed by atoms with Crippen molar-refractivity contribution < 1.29 is 22.7 Å². The van der Waals surface area contributed by atoms with Gasteiger partial charge in [-0.25, -0.2) is 8.42 Å². The summed E-state index contributed by atoms with van der Waals surface area (Å²) < 4.78 is 33.3. The Bertz CT molecular complexity index is 885. The van der Waals surface area contributed by atoms with Crippen LogP contribution < -0.4 is 5.32 Å². The molecule has 2 fully saturated rings. The molecule has 0 bridgehead atoms. The fourth-order valence-electron chi connectivity index (χ4n) is 4.24. The van der Waals surface area contributed by atoms with Crippen LogP contribution in [0.2, 0.25) is 0 Å². The van der Waals surface area contributed by atoms with Crippen LogP contribution in [-0.2, 0) is 24.3 Å². The lowest BCUT2D eigenvalue weighted by Gasteiger charge is -2.38. The Balaban J connectivity index is 1.61. The second-order valence-electron chi connectivity index (χ2n) is 9.52. The molecule has 2 amide bonds. The third kappa shape index (κ3) is 5.85. The number of amides is 2. The van der Waals surface area contributed by atoms with Gasteiger partial charge in [0.1, 0.15) is 10.3 Å². The average Bonchev–Trinajstić information content (AvgIpc) is 3.35. The van der Waals surface area contributed by atoms with Gasteiger partial charge in [-0.2, -0.15) is 4.31 Å². The second kappa shape index (κ2) is 9.17. The number of rotatable bonds is 6. The van der Waals surface area contributed by atoms with Gasteiger partial charge in [0.05, 0.1) is 12.2 Å². The first-order valence-electron chi connectivity index (χ1n) is 10.7. The number of thiophene rings is 1. The van der Waals surface area contributed by atoms with Crippen molar-refractivity contribution in [1.82, 2.24) is 14.5 Å². The van der Waals surface area contributed by atoms with Gasteiger partial charge < -0.3 is 15.0 Å². The molecule has 0 aromatic carbocycles. The summed E-state index contributed by atoms with van der Waals surface area (Å²) in [5.74, 6) is -0.401. The number of carbonyl (C=O) groups is 2. The van der Waals surface area contributed by atoms with Gasteiger partial charge in [0.2, 0.25) is 11.8 Å². The fourth-order valence-corrected chi connectivity index (χ4v) is 6.83. The molecular weight excluding hydrogens is 438 g/mol. The fraction of sp³-hybridized carbons (Fsp3) is 0.714. The molecule has 1 aromatic heterocycles. The van der Waals surface area contributed by atoms with E-state index < -0.39 is 21.7 Å². The Labute approximate surface area is 189 Å². The molecule has 2 aliphatic rings. The highest BCUT2D eigenvalue weighted by Crippen LogP contribution is 2.41. The van der Waals surface area contributed by atoms with Crippen LogP contribution in [0.4, 0.5) is 0 Å². The minimum atomic E-state index is -3.44. The van der Waals surface area contributed by atoms with Crippen molar-refractivity contribution >= 4 is 33.2 Å². The van der Waals surface area contributed by atoms with Gasteiger partial charge in [0.15, 0.2) is 0 Å². The minimum Gasteiger partial charge on any atom is -0.373 e. The topological polar surface area (TPSA) is 96.0 Å². The van der Waals surface area contributed by atoms with Crippen molar-refractivity contribution in [3.63, 3.8) is 0 Å². The van der Waals surface area contributed by atoms with Crippen molar-refractivity contribution in [3.8, 4) is 0 Å². The van der Waals surface area contributed by atoms with Crippen molar-refractivity contribution in [3.05, 3.63) is 17.5 Å². The van der Waals surface area contributed by atoms with E-state index in [1.807, 2.05) is 20.8 Å². The van der Waals surface area contributed by atoms with Crippen LogP contribution in [0.1, 0.15) is 47.0 Å². The summed E-state index contributed by atoms with van der Waals surface area (Å²) in [4.78, 5) is 26.6. The average molecular weight is 472 g/mol. The molecule has 1 unspecified atom stereocenters. The van der Waals surface area contributed by atoms with Gasteiger partial charge in [-0.15, -0.1) is 11.3 Å². The van der Waals surface area contributed by atoms with Gasteiger partial charge in [0, 0.05) is 33.1 Å². The van der Waals surface area contributed by atoms with Crippen molar-refractivity contribution in [2.24, 2.45) is 5.41 Å². The molecule has 8 nitrogen and oxygen atoms in total. The van der Waals surface area contributed by atoms with Gasteiger partial charge in [-0.1, -0.05) is 6.07 Å². The highest BCUT2D eigenvalue weighted by Gasteiger charge is 2.45. The predicted octanol–water partition coefficient (Wildman–Crippen LogP) is 2.07. The lowest BCUT2D eigenvalue weighted by atomic mass is 9.78. The highest BCUT2D eigenvalue weighted by atomic mass is 32.2. The maximum absolute atomic E-state index is 13.1. The maximum Gasteiger partial charge on any atom is 0.252 e. The van der Waals surface area contributed by atoms with Crippen LogP contribution in [-0.4, -0.2) is 73.9 Å². The number of likely N-dealkylation sites (tertiary alicyclic amines) is 1. The minimum absolute atomic E-state index is 0.0667. The number of nitrogens with zero attached hydrogens (tertiary/aromatic N) is 2. The summed E-state index contributed by atoms with van der Waals surface area (Å²) in [5.41, 5.74) is -0.479.